The first kappa shape index (κ1) is 32.5. The number of morpholine rings is 1. The van der Waals surface area contributed by atoms with Crippen LogP contribution in [0.2, 0.25) is 0 Å². The molecule has 0 spiro atoms. The first-order valence-electron chi connectivity index (χ1n) is 14.2. The molecule has 1 aliphatic rings. The number of nitrogens with zero attached hydrogens (tertiary/aromatic N) is 5. The lowest BCUT2D eigenvalue weighted by atomic mass is 10.0. The van der Waals surface area contributed by atoms with Crippen molar-refractivity contribution in [3.05, 3.63) is 102 Å². The van der Waals surface area contributed by atoms with Crippen LogP contribution in [0, 0.1) is 11.6 Å². The number of aliphatic imine (C=N–C) groups is 1. The average molecular weight is 649 g/mol. The number of carbonyl (C=O) groups is 2. The van der Waals surface area contributed by atoms with Gasteiger partial charge in [0.15, 0.2) is 5.82 Å². The summed E-state index contributed by atoms with van der Waals surface area (Å²) in [7, 11) is -3.81. The molecule has 0 saturated carbocycles. The molecule has 1 unspecified atom stereocenters. The molecule has 0 radical (unpaired) electrons. The highest BCUT2D eigenvalue weighted by Crippen LogP contribution is 2.29. The number of anilines is 1. The summed E-state index contributed by atoms with van der Waals surface area (Å²) in [6.45, 7) is 4.48. The molecule has 4 aromatic rings. The molecule has 1 N–H and O–H groups in total. The molecule has 2 amide bonds. The molecule has 14 heteroatoms. The number of sulfonamides is 1. The third-order valence-electron chi connectivity index (χ3n) is 7.33. The Labute approximate surface area is 264 Å². The van der Waals surface area contributed by atoms with Gasteiger partial charge in [0.25, 0.3) is 5.91 Å². The minimum atomic E-state index is -3.81. The van der Waals surface area contributed by atoms with Crippen LogP contribution in [-0.4, -0.2) is 80.6 Å². The van der Waals surface area contributed by atoms with E-state index in [-0.39, 0.29) is 61.0 Å². The van der Waals surface area contributed by atoms with Gasteiger partial charge >= 0.3 is 0 Å². The highest BCUT2D eigenvalue weighted by molar-refractivity contribution is 7.89. The smallest absolute Gasteiger partial charge is 0.260 e. The zero-order valence-electron chi connectivity index (χ0n) is 24.6. The summed E-state index contributed by atoms with van der Waals surface area (Å²) in [6, 6.07) is 14.5. The topological polar surface area (TPSA) is 134 Å². The monoisotopic (exact) mass is 648 g/mol. The molecule has 5 rings (SSSR count). The molecular weight excluding hydrogens is 618 g/mol. The number of ether oxygens (including phenoxy) is 1. The summed E-state index contributed by atoms with van der Waals surface area (Å²) in [4.78, 5) is 39.7. The maximum Gasteiger partial charge on any atom is 0.260 e. The fourth-order valence-corrected chi connectivity index (χ4v) is 6.53. The van der Waals surface area contributed by atoms with E-state index in [0.717, 1.165) is 18.2 Å². The lowest BCUT2D eigenvalue weighted by Crippen LogP contribution is -2.45. The van der Waals surface area contributed by atoms with Gasteiger partial charge < -0.3 is 15.0 Å². The quantitative estimate of drug-likeness (QED) is 0.183. The first-order valence-corrected chi connectivity index (χ1v) is 15.7. The predicted molar refractivity (Wildman–Crippen MR) is 167 cm³/mol. The molecule has 11 nitrogen and oxygen atoms in total. The van der Waals surface area contributed by atoms with Crippen LogP contribution in [0.25, 0.3) is 11.4 Å². The first-order chi connectivity index (χ1) is 22.2. The van der Waals surface area contributed by atoms with Crippen molar-refractivity contribution < 1.29 is 31.5 Å². The second-order valence-corrected chi connectivity index (χ2v) is 12.3. The van der Waals surface area contributed by atoms with Crippen molar-refractivity contribution in [2.75, 3.05) is 37.7 Å². The molecule has 1 aliphatic heterocycles. The Morgan fingerprint density at radius 3 is 2.35 bits per heavy atom. The van der Waals surface area contributed by atoms with E-state index in [1.807, 2.05) is 0 Å². The van der Waals surface area contributed by atoms with Crippen molar-refractivity contribution in [2.45, 2.75) is 17.4 Å². The number of aromatic nitrogens is 2. The third-order valence-corrected chi connectivity index (χ3v) is 9.25. The van der Waals surface area contributed by atoms with Crippen LogP contribution in [0.4, 0.5) is 20.2 Å². The molecule has 3 aromatic carbocycles. The number of hydrogen-bond acceptors (Lipinski definition) is 8. The molecule has 0 bridgehead atoms. The largest absolute Gasteiger partial charge is 0.379 e. The van der Waals surface area contributed by atoms with Gasteiger partial charge in [-0.25, -0.2) is 27.2 Å². The van der Waals surface area contributed by atoms with Crippen LogP contribution in [0.1, 0.15) is 15.9 Å². The maximum absolute atomic E-state index is 14.2. The van der Waals surface area contributed by atoms with Crippen molar-refractivity contribution in [1.29, 1.82) is 0 Å². The van der Waals surface area contributed by atoms with E-state index in [9.17, 15) is 26.8 Å². The fourth-order valence-electron chi connectivity index (χ4n) is 5.12. The minimum absolute atomic E-state index is 0.0163. The van der Waals surface area contributed by atoms with E-state index in [4.69, 9.17) is 4.74 Å². The standard InChI is InChI=1S/C32H30F2N6O5S/c1-35-30-18-23(31-36-9-2-10-37-31)3-8-29(30)32(42)40(20-26(38-21-41)17-22-15-24(33)19-25(34)16-22)27-4-6-28(7-5-27)46(43,44)39-11-13-45-14-12-39/h2-10,15-16,18-19,21,26H,1,11-14,17,20H2,(H,38,41). The molecule has 46 heavy (non-hydrogen) atoms. The molecule has 2 heterocycles. The van der Waals surface area contributed by atoms with Crippen LogP contribution in [0.5, 0.6) is 0 Å². The van der Waals surface area contributed by atoms with Crippen LogP contribution >= 0.6 is 0 Å². The van der Waals surface area contributed by atoms with E-state index >= 15 is 0 Å². The molecule has 238 valence electrons. The number of nitrogens with one attached hydrogen (secondary N) is 1. The van der Waals surface area contributed by atoms with Gasteiger partial charge in [0.05, 0.1) is 35.4 Å². The van der Waals surface area contributed by atoms with Crippen LogP contribution in [-0.2, 0) is 26.0 Å². The van der Waals surface area contributed by atoms with Gasteiger partial charge in [0.2, 0.25) is 16.4 Å². The van der Waals surface area contributed by atoms with Gasteiger partial charge in [-0.1, -0.05) is 6.07 Å². The summed E-state index contributed by atoms with van der Waals surface area (Å²) in [6.07, 6.45) is 3.58. The van der Waals surface area contributed by atoms with E-state index < -0.39 is 33.6 Å². The summed E-state index contributed by atoms with van der Waals surface area (Å²) in [5, 5.41) is 2.63. The number of hydrogen-bond donors (Lipinski definition) is 1. The van der Waals surface area contributed by atoms with Crippen LogP contribution in [0.3, 0.4) is 0 Å². The van der Waals surface area contributed by atoms with Crippen molar-refractivity contribution in [1.82, 2.24) is 19.6 Å². The highest BCUT2D eigenvalue weighted by Gasteiger charge is 2.28. The summed E-state index contributed by atoms with van der Waals surface area (Å²) < 4.78 is 61.0. The van der Waals surface area contributed by atoms with Gasteiger partial charge in [0.1, 0.15) is 11.6 Å². The minimum Gasteiger partial charge on any atom is -0.379 e. The Kier molecular flexibility index (Phi) is 10.2. The zero-order valence-corrected chi connectivity index (χ0v) is 25.4. The molecule has 1 atom stereocenters. The summed E-state index contributed by atoms with van der Waals surface area (Å²) in [5.41, 5.74) is 1.55. The highest BCUT2D eigenvalue weighted by atomic mass is 32.2. The van der Waals surface area contributed by atoms with Crippen molar-refractivity contribution in [3.8, 4) is 11.4 Å². The number of carbonyl (C=O) groups excluding carboxylic acids is 2. The van der Waals surface area contributed by atoms with Crippen LogP contribution < -0.4 is 10.2 Å². The van der Waals surface area contributed by atoms with E-state index in [2.05, 4.69) is 27.0 Å². The van der Waals surface area contributed by atoms with Crippen molar-refractivity contribution in [3.63, 3.8) is 0 Å². The van der Waals surface area contributed by atoms with E-state index in [0.29, 0.717) is 23.5 Å². The summed E-state index contributed by atoms with van der Waals surface area (Å²) >= 11 is 0. The SMILES string of the molecule is C=Nc1cc(-c2ncccn2)ccc1C(=O)N(CC(Cc1cc(F)cc(F)c1)NC=O)c1ccc(S(=O)(=O)N2CCOCC2)cc1. The van der Waals surface area contributed by atoms with Gasteiger partial charge in [0, 0.05) is 49.3 Å². The Balaban J connectivity index is 1.52. The number of benzene rings is 3. The number of rotatable bonds is 12. The van der Waals surface area contributed by atoms with Crippen LogP contribution in [0.15, 0.2) is 89.0 Å². The van der Waals surface area contributed by atoms with Gasteiger partial charge in [-0.05, 0) is 73.3 Å². The molecule has 1 fully saturated rings. The summed E-state index contributed by atoms with van der Waals surface area (Å²) in [5.74, 6) is -1.70. The number of halogens is 2. The van der Waals surface area contributed by atoms with E-state index in [1.54, 1.807) is 36.7 Å². The lowest BCUT2D eigenvalue weighted by molar-refractivity contribution is -0.110. The Morgan fingerprint density at radius 2 is 1.72 bits per heavy atom. The van der Waals surface area contributed by atoms with Gasteiger partial charge in [-0.15, -0.1) is 0 Å². The van der Waals surface area contributed by atoms with E-state index in [1.165, 1.54) is 33.5 Å². The van der Waals surface area contributed by atoms with Gasteiger partial charge in [-0.3, -0.25) is 14.6 Å². The molecule has 0 aliphatic carbocycles. The van der Waals surface area contributed by atoms with Crippen molar-refractivity contribution in [2.24, 2.45) is 4.99 Å². The lowest BCUT2D eigenvalue weighted by Gasteiger charge is -2.29. The molecular formula is C32H30F2N6O5S. The van der Waals surface area contributed by atoms with Gasteiger partial charge in [-0.2, -0.15) is 4.31 Å². The normalized spacial score (nSPS) is 14.3. The Bertz CT molecular complexity index is 1800. The average Bonchev–Trinajstić information content (AvgIpc) is 3.07. The second-order valence-electron chi connectivity index (χ2n) is 10.4. The maximum atomic E-state index is 14.2. The molecule has 1 aromatic heterocycles. The zero-order chi connectivity index (χ0) is 32.7. The Morgan fingerprint density at radius 1 is 1.04 bits per heavy atom. The second kappa shape index (κ2) is 14.5. The third kappa shape index (κ3) is 7.47. The molecule has 1 saturated heterocycles. The predicted octanol–water partition coefficient (Wildman–Crippen LogP) is 3.78. The Hall–Kier alpha value is -4.92. The number of amides is 2. The van der Waals surface area contributed by atoms with Crippen molar-refractivity contribution >= 4 is 40.4 Å². The fraction of sp³-hybridized carbons (Fsp3) is 0.219.